The number of aromatic hydroxyl groups is 1. The maximum absolute atomic E-state index is 11.7. The number of nitrogens with one attached hydrogen (secondary N) is 1. The van der Waals surface area contributed by atoms with E-state index in [-0.39, 0.29) is 17.3 Å². The number of phenolic OH excluding ortho intramolecular Hbond substituents is 1. The highest BCUT2D eigenvalue weighted by molar-refractivity contribution is 5.95. The smallest absolute Gasteiger partial charge is 0.251 e. The second-order valence-electron chi connectivity index (χ2n) is 3.72. The van der Waals surface area contributed by atoms with E-state index in [0.717, 1.165) is 6.42 Å². The summed E-state index contributed by atoms with van der Waals surface area (Å²) >= 11 is 0. The molecule has 4 N–H and O–H groups in total. The maximum atomic E-state index is 11.7. The maximum Gasteiger partial charge on any atom is 0.251 e. The highest BCUT2D eigenvalue weighted by Crippen LogP contribution is 2.20. The van der Waals surface area contributed by atoms with Gasteiger partial charge in [-0.15, -0.1) is 6.58 Å². The standard InChI is InChI=1S/C13H18N2O3/c1-2-3-7-18-8-6-15-13(17)10-4-5-11(14)12(16)9-10/h2,4-5,9,16H,1,3,6-8,14H2,(H,15,17). The normalized spacial score (nSPS) is 10.0. The van der Waals surface area contributed by atoms with Crippen LogP contribution in [0.3, 0.4) is 0 Å². The monoisotopic (exact) mass is 250 g/mol. The molecule has 18 heavy (non-hydrogen) atoms. The molecule has 0 spiro atoms. The minimum absolute atomic E-state index is 0.0927. The Morgan fingerprint density at radius 2 is 2.28 bits per heavy atom. The van der Waals surface area contributed by atoms with Gasteiger partial charge in [0.1, 0.15) is 5.75 Å². The molecule has 0 saturated carbocycles. The molecule has 5 heteroatoms. The molecule has 0 saturated heterocycles. The second-order valence-corrected chi connectivity index (χ2v) is 3.72. The highest BCUT2D eigenvalue weighted by atomic mass is 16.5. The topological polar surface area (TPSA) is 84.6 Å². The number of hydrogen-bond acceptors (Lipinski definition) is 4. The van der Waals surface area contributed by atoms with Gasteiger partial charge in [-0.05, 0) is 24.6 Å². The number of benzene rings is 1. The molecule has 1 aromatic carbocycles. The molecule has 0 fully saturated rings. The molecule has 0 aliphatic carbocycles. The zero-order valence-electron chi connectivity index (χ0n) is 10.2. The molecule has 1 amide bonds. The Morgan fingerprint density at radius 3 is 2.94 bits per heavy atom. The summed E-state index contributed by atoms with van der Waals surface area (Å²) in [6.07, 6.45) is 2.56. The van der Waals surface area contributed by atoms with Gasteiger partial charge in [-0.2, -0.15) is 0 Å². The molecular formula is C13H18N2O3. The predicted octanol–water partition coefficient (Wildman–Crippen LogP) is 1.30. The molecule has 0 heterocycles. The molecule has 0 aromatic heterocycles. The van der Waals surface area contributed by atoms with Crippen LogP contribution in [0.1, 0.15) is 16.8 Å². The van der Waals surface area contributed by atoms with E-state index in [4.69, 9.17) is 10.5 Å². The van der Waals surface area contributed by atoms with Crippen molar-refractivity contribution in [3.05, 3.63) is 36.4 Å². The first-order valence-corrected chi connectivity index (χ1v) is 5.70. The van der Waals surface area contributed by atoms with Crippen LogP contribution in [0.25, 0.3) is 0 Å². The Morgan fingerprint density at radius 1 is 1.50 bits per heavy atom. The summed E-state index contributed by atoms with van der Waals surface area (Å²) in [6, 6.07) is 4.39. The third-order valence-corrected chi connectivity index (χ3v) is 2.29. The van der Waals surface area contributed by atoms with Crippen LogP contribution in [-0.4, -0.2) is 30.8 Å². The molecule has 5 nitrogen and oxygen atoms in total. The third kappa shape index (κ3) is 4.47. The Hall–Kier alpha value is -2.01. The Balaban J connectivity index is 2.32. The Bertz CT molecular complexity index is 419. The first kappa shape index (κ1) is 14.1. The van der Waals surface area contributed by atoms with Crippen molar-refractivity contribution in [1.29, 1.82) is 0 Å². The van der Waals surface area contributed by atoms with Gasteiger partial charge < -0.3 is 20.9 Å². The number of carbonyl (C=O) groups is 1. The number of ether oxygens (including phenoxy) is 1. The van der Waals surface area contributed by atoms with Gasteiger partial charge in [0.25, 0.3) is 5.91 Å². The average Bonchev–Trinajstić information content (AvgIpc) is 2.36. The van der Waals surface area contributed by atoms with Gasteiger partial charge in [0.2, 0.25) is 0 Å². The van der Waals surface area contributed by atoms with E-state index in [2.05, 4.69) is 11.9 Å². The highest BCUT2D eigenvalue weighted by Gasteiger charge is 2.07. The number of hydrogen-bond donors (Lipinski definition) is 3. The van der Waals surface area contributed by atoms with Gasteiger partial charge in [-0.1, -0.05) is 6.08 Å². The number of nitrogen functional groups attached to an aromatic ring is 1. The van der Waals surface area contributed by atoms with Crippen LogP contribution in [0.15, 0.2) is 30.9 Å². The van der Waals surface area contributed by atoms with E-state index in [1.807, 2.05) is 0 Å². The molecule has 0 aliphatic rings. The summed E-state index contributed by atoms with van der Waals surface area (Å²) in [6.45, 7) is 5.04. The quantitative estimate of drug-likeness (QED) is 0.295. The summed E-state index contributed by atoms with van der Waals surface area (Å²) < 4.78 is 5.25. The van der Waals surface area contributed by atoms with Crippen molar-refractivity contribution < 1.29 is 14.6 Å². The third-order valence-electron chi connectivity index (χ3n) is 2.29. The van der Waals surface area contributed by atoms with Gasteiger partial charge in [0.05, 0.1) is 18.9 Å². The lowest BCUT2D eigenvalue weighted by molar-refractivity contribution is 0.0917. The SMILES string of the molecule is C=CCCOCCNC(=O)c1ccc(N)c(O)c1. The Kier molecular flexibility index (Phi) is 5.73. The summed E-state index contributed by atoms with van der Waals surface area (Å²) in [5.74, 6) is -0.359. The number of carbonyl (C=O) groups excluding carboxylic acids is 1. The zero-order chi connectivity index (χ0) is 13.4. The number of amides is 1. The van der Waals surface area contributed by atoms with Crippen molar-refractivity contribution in [2.45, 2.75) is 6.42 Å². The first-order chi connectivity index (χ1) is 8.65. The van der Waals surface area contributed by atoms with Crippen LogP contribution < -0.4 is 11.1 Å². The van der Waals surface area contributed by atoms with E-state index < -0.39 is 0 Å². The van der Waals surface area contributed by atoms with Crippen LogP contribution in [0.4, 0.5) is 5.69 Å². The fourth-order valence-electron chi connectivity index (χ4n) is 1.29. The average molecular weight is 250 g/mol. The number of anilines is 1. The van der Waals surface area contributed by atoms with Crippen molar-refractivity contribution >= 4 is 11.6 Å². The molecule has 0 radical (unpaired) electrons. The van der Waals surface area contributed by atoms with E-state index in [1.165, 1.54) is 12.1 Å². The molecule has 0 atom stereocenters. The Labute approximate surface area is 106 Å². The van der Waals surface area contributed by atoms with E-state index in [9.17, 15) is 9.90 Å². The second kappa shape index (κ2) is 7.34. The largest absolute Gasteiger partial charge is 0.506 e. The van der Waals surface area contributed by atoms with Gasteiger partial charge in [0, 0.05) is 12.1 Å². The lowest BCUT2D eigenvalue weighted by Crippen LogP contribution is -2.27. The molecule has 0 unspecified atom stereocenters. The summed E-state index contributed by atoms with van der Waals surface area (Å²) in [5, 5.41) is 12.1. The van der Waals surface area contributed by atoms with Crippen LogP contribution in [0.2, 0.25) is 0 Å². The van der Waals surface area contributed by atoms with Crippen molar-refractivity contribution in [1.82, 2.24) is 5.32 Å². The molecule has 0 bridgehead atoms. The van der Waals surface area contributed by atoms with Gasteiger partial charge >= 0.3 is 0 Å². The van der Waals surface area contributed by atoms with Gasteiger partial charge in [-0.3, -0.25) is 4.79 Å². The van der Waals surface area contributed by atoms with Crippen molar-refractivity contribution in [2.75, 3.05) is 25.5 Å². The first-order valence-electron chi connectivity index (χ1n) is 5.70. The molecule has 98 valence electrons. The number of nitrogens with two attached hydrogens (primary N) is 1. The van der Waals surface area contributed by atoms with Crippen LogP contribution in [0.5, 0.6) is 5.75 Å². The van der Waals surface area contributed by atoms with Crippen molar-refractivity contribution in [3.8, 4) is 5.75 Å². The number of phenols is 1. The number of rotatable bonds is 7. The lowest BCUT2D eigenvalue weighted by Gasteiger charge is -2.07. The van der Waals surface area contributed by atoms with Crippen LogP contribution >= 0.6 is 0 Å². The van der Waals surface area contributed by atoms with E-state index in [0.29, 0.717) is 25.3 Å². The van der Waals surface area contributed by atoms with Crippen molar-refractivity contribution in [2.24, 2.45) is 0 Å². The molecule has 0 aliphatic heterocycles. The van der Waals surface area contributed by atoms with Gasteiger partial charge in [0.15, 0.2) is 0 Å². The predicted molar refractivity (Wildman–Crippen MR) is 70.5 cm³/mol. The molecular weight excluding hydrogens is 232 g/mol. The van der Waals surface area contributed by atoms with Crippen LogP contribution in [-0.2, 0) is 4.74 Å². The van der Waals surface area contributed by atoms with Crippen LogP contribution in [0, 0.1) is 0 Å². The van der Waals surface area contributed by atoms with Gasteiger partial charge in [-0.25, -0.2) is 0 Å². The van der Waals surface area contributed by atoms with Crippen molar-refractivity contribution in [3.63, 3.8) is 0 Å². The fourth-order valence-corrected chi connectivity index (χ4v) is 1.29. The van der Waals surface area contributed by atoms with E-state index >= 15 is 0 Å². The summed E-state index contributed by atoms with van der Waals surface area (Å²) in [7, 11) is 0. The zero-order valence-corrected chi connectivity index (χ0v) is 10.2. The summed E-state index contributed by atoms with van der Waals surface area (Å²) in [5.41, 5.74) is 6.06. The van der Waals surface area contributed by atoms with E-state index in [1.54, 1.807) is 12.1 Å². The summed E-state index contributed by atoms with van der Waals surface area (Å²) in [4.78, 5) is 11.7. The molecule has 1 aromatic rings. The minimum Gasteiger partial charge on any atom is -0.506 e. The molecule has 1 rings (SSSR count). The fraction of sp³-hybridized carbons (Fsp3) is 0.308. The lowest BCUT2D eigenvalue weighted by atomic mass is 10.2. The minimum atomic E-state index is -0.266.